The van der Waals surface area contributed by atoms with Crippen molar-refractivity contribution < 1.29 is 17.9 Å². The molecule has 1 amide bonds. The van der Waals surface area contributed by atoms with E-state index in [2.05, 4.69) is 0 Å². The first-order chi connectivity index (χ1) is 16.1. The summed E-state index contributed by atoms with van der Waals surface area (Å²) in [4.78, 5) is 14.5. The lowest BCUT2D eigenvalue weighted by atomic mass is 10.2. The smallest absolute Gasteiger partial charge is 0.243 e. The van der Waals surface area contributed by atoms with E-state index in [0.717, 1.165) is 9.87 Å². The Hall–Kier alpha value is -2.29. The lowest BCUT2D eigenvalue weighted by Gasteiger charge is -2.26. The molecule has 0 saturated carbocycles. The van der Waals surface area contributed by atoms with Crippen LogP contribution >= 0.6 is 34.8 Å². The zero-order valence-corrected chi connectivity index (χ0v) is 21.6. The molecule has 180 valence electrons. The largest absolute Gasteiger partial charge is 0.497 e. The number of benzene rings is 3. The quantitative estimate of drug-likeness (QED) is 0.358. The van der Waals surface area contributed by atoms with Gasteiger partial charge in [-0.1, -0.05) is 53.0 Å². The van der Waals surface area contributed by atoms with Gasteiger partial charge in [0.15, 0.2) is 0 Å². The van der Waals surface area contributed by atoms with Gasteiger partial charge in [0.2, 0.25) is 15.9 Å². The van der Waals surface area contributed by atoms with E-state index < -0.39 is 22.5 Å². The van der Waals surface area contributed by atoms with Crippen LogP contribution < -0.4 is 4.74 Å². The minimum absolute atomic E-state index is 0.00526. The Kier molecular flexibility index (Phi) is 8.84. The second kappa shape index (κ2) is 11.4. The molecule has 0 fully saturated rings. The Morgan fingerprint density at radius 1 is 0.882 bits per heavy atom. The van der Waals surface area contributed by atoms with E-state index in [4.69, 9.17) is 39.5 Å². The number of nitrogens with zero attached hydrogens (tertiary/aromatic N) is 2. The van der Waals surface area contributed by atoms with Gasteiger partial charge in [-0.25, -0.2) is 8.42 Å². The van der Waals surface area contributed by atoms with Crippen LogP contribution in [0.25, 0.3) is 0 Å². The maximum Gasteiger partial charge on any atom is 0.243 e. The van der Waals surface area contributed by atoms with Crippen molar-refractivity contribution in [3.8, 4) is 5.75 Å². The molecule has 3 aromatic rings. The summed E-state index contributed by atoms with van der Waals surface area (Å²) in [5.41, 5.74) is 1.28. The topological polar surface area (TPSA) is 66.9 Å². The summed E-state index contributed by atoms with van der Waals surface area (Å²) in [5, 5.41) is 1.01. The standard InChI is InChI=1S/C24H23Cl3N2O4S/c1-28(14-17-6-10-19(33-2)11-7-17)24(30)16-29(15-21-22(26)4-3-5-23(21)27)34(31,32)20-12-8-18(25)9-13-20/h3-13H,14-16H2,1-2H3. The minimum atomic E-state index is -4.07. The molecule has 0 N–H and O–H groups in total. The lowest BCUT2D eigenvalue weighted by Crippen LogP contribution is -2.41. The van der Waals surface area contributed by atoms with Gasteiger partial charge in [0.05, 0.1) is 18.6 Å². The number of hydrogen-bond acceptors (Lipinski definition) is 4. The van der Waals surface area contributed by atoms with Gasteiger partial charge in [-0.2, -0.15) is 4.31 Å². The van der Waals surface area contributed by atoms with Gasteiger partial charge >= 0.3 is 0 Å². The SMILES string of the molecule is COc1ccc(CN(C)C(=O)CN(Cc2c(Cl)cccc2Cl)S(=O)(=O)c2ccc(Cl)cc2)cc1. The lowest BCUT2D eigenvalue weighted by molar-refractivity contribution is -0.130. The van der Waals surface area contributed by atoms with E-state index in [9.17, 15) is 13.2 Å². The number of halogens is 3. The van der Waals surface area contributed by atoms with E-state index in [1.165, 1.54) is 29.2 Å². The second-order valence-corrected chi connectivity index (χ2v) is 10.7. The number of hydrogen-bond donors (Lipinski definition) is 0. The van der Waals surface area contributed by atoms with Crippen LogP contribution in [0.2, 0.25) is 15.1 Å². The van der Waals surface area contributed by atoms with Crippen molar-refractivity contribution in [2.75, 3.05) is 20.7 Å². The molecular weight excluding hydrogens is 519 g/mol. The molecule has 0 aliphatic carbocycles. The van der Waals surface area contributed by atoms with Crippen molar-refractivity contribution >= 4 is 50.7 Å². The van der Waals surface area contributed by atoms with E-state index in [0.29, 0.717) is 32.9 Å². The summed E-state index contributed by atoms with van der Waals surface area (Å²) < 4.78 is 33.2. The third-order valence-corrected chi connectivity index (χ3v) is 7.93. The van der Waals surface area contributed by atoms with Crippen LogP contribution in [0.4, 0.5) is 0 Å². The van der Waals surface area contributed by atoms with Crippen LogP contribution in [-0.2, 0) is 27.9 Å². The van der Waals surface area contributed by atoms with Crippen molar-refractivity contribution in [1.29, 1.82) is 0 Å². The van der Waals surface area contributed by atoms with E-state index >= 15 is 0 Å². The first kappa shape index (κ1) is 26.3. The zero-order chi connectivity index (χ0) is 24.9. The van der Waals surface area contributed by atoms with Crippen LogP contribution in [-0.4, -0.2) is 44.2 Å². The Morgan fingerprint density at radius 2 is 1.47 bits per heavy atom. The third kappa shape index (κ3) is 6.43. The number of carbonyl (C=O) groups is 1. The number of likely N-dealkylation sites (N-methyl/N-ethyl adjacent to an activating group) is 1. The molecule has 3 aromatic carbocycles. The van der Waals surface area contributed by atoms with Gasteiger partial charge in [0.25, 0.3) is 0 Å². The highest BCUT2D eigenvalue weighted by molar-refractivity contribution is 7.89. The van der Waals surface area contributed by atoms with Crippen LogP contribution in [0.15, 0.2) is 71.6 Å². The Balaban J connectivity index is 1.87. The molecule has 34 heavy (non-hydrogen) atoms. The summed E-state index contributed by atoms with van der Waals surface area (Å²) in [5.74, 6) is 0.311. The molecule has 0 aliphatic heterocycles. The summed E-state index contributed by atoms with van der Waals surface area (Å²) >= 11 is 18.5. The fraction of sp³-hybridized carbons (Fsp3) is 0.208. The highest BCUT2D eigenvalue weighted by Gasteiger charge is 2.29. The first-order valence-electron chi connectivity index (χ1n) is 10.2. The predicted molar refractivity (Wildman–Crippen MR) is 135 cm³/mol. The number of methoxy groups -OCH3 is 1. The highest BCUT2D eigenvalue weighted by Crippen LogP contribution is 2.28. The number of sulfonamides is 1. The van der Waals surface area contributed by atoms with Crippen molar-refractivity contribution in [3.05, 3.63) is 92.9 Å². The van der Waals surface area contributed by atoms with Gasteiger partial charge < -0.3 is 9.64 Å². The van der Waals surface area contributed by atoms with Crippen molar-refractivity contribution in [3.63, 3.8) is 0 Å². The molecule has 0 spiro atoms. The normalized spacial score (nSPS) is 11.5. The number of ether oxygens (including phenoxy) is 1. The zero-order valence-electron chi connectivity index (χ0n) is 18.5. The Morgan fingerprint density at radius 3 is 2.03 bits per heavy atom. The average molecular weight is 542 g/mol. The summed E-state index contributed by atoms with van der Waals surface area (Å²) in [6, 6.07) is 17.9. The number of amides is 1. The van der Waals surface area contributed by atoms with Gasteiger partial charge in [-0.3, -0.25) is 4.79 Å². The van der Waals surface area contributed by atoms with Gasteiger partial charge in [-0.15, -0.1) is 0 Å². The predicted octanol–water partition coefficient (Wildman–Crippen LogP) is 5.50. The van der Waals surface area contributed by atoms with E-state index in [-0.39, 0.29) is 11.4 Å². The number of carbonyl (C=O) groups excluding carboxylic acids is 1. The Bertz CT molecular complexity index is 1230. The molecule has 0 saturated heterocycles. The fourth-order valence-corrected chi connectivity index (χ4v) is 5.21. The molecule has 0 radical (unpaired) electrons. The highest BCUT2D eigenvalue weighted by atomic mass is 35.5. The molecule has 10 heteroatoms. The second-order valence-electron chi connectivity index (χ2n) is 7.53. The monoisotopic (exact) mass is 540 g/mol. The average Bonchev–Trinajstić information content (AvgIpc) is 2.81. The van der Waals surface area contributed by atoms with Gasteiger partial charge in [0, 0.05) is 40.8 Å². The van der Waals surface area contributed by atoms with Crippen LogP contribution in [0, 0.1) is 0 Å². The molecule has 0 unspecified atom stereocenters. The first-order valence-corrected chi connectivity index (χ1v) is 12.7. The van der Waals surface area contributed by atoms with Crippen molar-refractivity contribution in [2.24, 2.45) is 0 Å². The number of rotatable bonds is 9. The molecule has 0 aromatic heterocycles. The molecule has 0 atom stereocenters. The fourth-order valence-electron chi connectivity index (χ4n) is 3.21. The van der Waals surface area contributed by atoms with Crippen LogP contribution in [0.1, 0.15) is 11.1 Å². The Labute approximate surface area is 214 Å². The van der Waals surface area contributed by atoms with Crippen LogP contribution in [0.5, 0.6) is 5.75 Å². The molecule has 3 rings (SSSR count). The molecular formula is C24H23Cl3N2O4S. The molecule has 0 bridgehead atoms. The molecule has 0 heterocycles. The minimum Gasteiger partial charge on any atom is -0.497 e. The summed E-state index contributed by atoms with van der Waals surface area (Å²) in [6.07, 6.45) is 0. The van der Waals surface area contributed by atoms with Gasteiger partial charge in [-0.05, 0) is 54.1 Å². The maximum atomic E-state index is 13.5. The van der Waals surface area contributed by atoms with Crippen LogP contribution in [0.3, 0.4) is 0 Å². The van der Waals surface area contributed by atoms with E-state index in [1.807, 2.05) is 12.1 Å². The van der Waals surface area contributed by atoms with E-state index in [1.54, 1.807) is 44.5 Å². The summed E-state index contributed by atoms with van der Waals surface area (Å²) in [7, 11) is -0.878. The third-order valence-electron chi connectivity index (χ3n) is 5.16. The van der Waals surface area contributed by atoms with Crippen molar-refractivity contribution in [2.45, 2.75) is 18.0 Å². The maximum absolute atomic E-state index is 13.5. The van der Waals surface area contributed by atoms with Gasteiger partial charge in [0.1, 0.15) is 5.75 Å². The van der Waals surface area contributed by atoms with Crippen molar-refractivity contribution in [1.82, 2.24) is 9.21 Å². The molecule has 6 nitrogen and oxygen atoms in total. The molecule has 0 aliphatic rings. The summed E-state index contributed by atoms with van der Waals surface area (Å²) in [6.45, 7) is -0.282.